The summed E-state index contributed by atoms with van der Waals surface area (Å²) in [6.07, 6.45) is 3.52. The summed E-state index contributed by atoms with van der Waals surface area (Å²) in [4.78, 5) is 11.1. The highest BCUT2D eigenvalue weighted by atomic mass is 32.2. The highest BCUT2D eigenvalue weighted by Crippen LogP contribution is 2.21. The second kappa shape index (κ2) is 5.61. The van der Waals surface area contributed by atoms with Gasteiger partial charge in [0.1, 0.15) is 0 Å². The zero-order valence-corrected chi connectivity index (χ0v) is 9.77. The molecule has 1 rings (SSSR count). The standard InChI is InChI=1S/C10H20N2OS/c1-3-7(2)14-6-9(10(11)13)12-8-4-5-8/h7-9,12H,3-6H2,1-2H3,(H2,11,13). The topological polar surface area (TPSA) is 55.1 Å². The Hall–Kier alpha value is -0.220. The van der Waals surface area contributed by atoms with Crippen molar-refractivity contribution in [2.45, 2.75) is 50.4 Å². The first-order valence-corrected chi connectivity index (χ1v) is 6.35. The fourth-order valence-electron chi connectivity index (χ4n) is 1.13. The average Bonchev–Trinajstić information content (AvgIpc) is 2.94. The van der Waals surface area contributed by atoms with Crippen molar-refractivity contribution in [2.75, 3.05) is 5.75 Å². The zero-order valence-electron chi connectivity index (χ0n) is 8.95. The number of carbonyl (C=O) groups is 1. The molecule has 0 spiro atoms. The van der Waals surface area contributed by atoms with Crippen LogP contribution in [0.4, 0.5) is 0 Å². The Bertz CT molecular complexity index is 195. The monoisotopic (exact) mass is 216 g/mol. The molecule has 1 saturated carbocycles. The predicted molar refractivity (Wildman–Crippen MR) is 61.4 cm³/mol. The number of primary amides is 1. The second-order valence-electron chi connectivity index (χ2n) is 3.95. The van der Waals surface area contributed by atoms with Gasteiger partial charge in [0.2, 0.25) is 5.91 Å². The van der Waals surface area contributed by atoms with Crippen molar-refractivity contribution < 1.29 is 4.79 Å². The third-order valence-corrected chi connectivity index (χ3v) is 3.91. The molecular formula is C10H20N2OS. The average molecular weight is 216 g/mol. The Morgan fingerprint density at radius 3 is 2.71 bits per heavy atom. The molecule has 2 atom stereocenters. The lowest BCUT2D eigenvalue weighted by atomic mass is 10.3. The van der Waals surface area contributed by atoms with Crippen molar-refractivity contribution in [3.8, 4) is 0 Å². The van der Waals surface area contributed by atoms with Gasteiger partial charge in [-0.15, -0.1) is 0 Å². The molecule has 3 nitrogen and oxygen atoms in total. The quantitative estimate of drug-likeness (QED) is 0.670. The molecule has 1 aliphatic rings. The molecule has 0 saturated heterocycles. The van der Waals surface area contributed by atoms with Gasteiger partial charge in [0.05, 0.1) is 6.04 Å². The van der Waals surface area contributed by atoms with Crippen LogP contribution < -0.4 is 11.1 Å². The molecule has 2 unspecified atom stereocenters. The number of rotatable bonds is 7. The van der Waals surface area contributed by atoms with Gasteiger partial charge in [-0.05, 0) is 19.3 Å². The Labute approximate surface area is 90.2 Å². The first kappa shape index (κ1) is 11.9. The fourth-order valence-corrected chi connectivity index (χ4v) is 2.14. The lowest BCUT2D eigenvalue weighted by Crippen LogP contribution is -2.44. The minimum Gasteiger partial charge on any atom is -0.368 e. The van der Waals surface area contributed by atoms with E-state index in [1.54, 1.807) is 0 Å². The highest BCUT2D eigenvalue weighted by Gasteiger charge is 2.27. The van der Waals surface area contributed by atoms with Gasteiger partial charge in [-0.1, -0.05) is 13.8 Å². The van der Waals surface area contributed by atoms with Crippen molar-refractivity contribution in [1.29, 1.82) is 0 Å². The maximum Gasteiger partial charge on any atom is 0.235 e. The van der Waals surface area contributed by atoms with Crippen LogP contribution in [0.1, 0.15) is 33.1 Å². The fraction of sp³-hybridized carbons (Fsp3) is 0.900. The lowest BCUT2D eigenvalue weighted by molar-refractivity contribution is -0.119. The summed E-state index contributed by atoms with van der Waals surface area (Å²) in [7, 11) is 0. The highest BCUT2D eigenvalue weighted by molar-refractivity contribution is 7.99. The minimum absolute atomic E-state index is 0.138. The normalized spacial score (nSPS) is 20.4. The molecule has 14 heavy (non-hydrogen) atoms. The maximum atomic E-state index is 11.1. The van der Waals surface area contributed by atoms with Crippen LogP contribution in [0.15, 0.2) is 0 Å². The first-order chi connectivity index (χ1) is 6.63. The van der Waals surface area contributed by atoms with Gasteiger partial charge in [-0.2, -0.15) is 11.8 Å². The van der Waals surface area contributed by atoms with E-state index in [9.17, 15) is 4.79 Å². The molecule has 0 heterocycles. The van der Waals surface area contributed by atoms with Crippen molar-refractivity contribution in [3.63, 3.8) is 0 Å². The summed E-state index contributed by atoms with van der Waals surface area (Å²) in [5.41, 5.74) is 5.33. The van der Waals surface area contributed by atoms with Crippen LogP contribution in [0.5, 0.6) is 0 Å². The molecule has 0 radical (unpaired) electrons. The summed E-state index contributed by atoms with van der Waals surface area (Å²) in [6.45, 7) is 4.34. The molecule has 0 aromatic rings. The largest absolute Gasteiger partial charge is 0.368 e. The number of hydrogen-bond donors (Lipinski definition) is 2. The van der Waals surface area contributed by atoms with E-state index < -0.39 is 0 Å². The van der Waals surface area contributed by atoms with Gasteiger partial charge in [0, 0.05) is 17.0 Å². The molecule has 0 aliphatic heterocycles. The number of nitrogens with two attached hydrogens (primary N) is 1. The van der Waals surface area contributed by atoms with Gasteiger partial charge in [0.25, 0.3) is 0 Å². The first-order valence-electron chi connectivity index (χ1n) is 5.30. The smallest absolute Gasteiger partial charge is 0.235 e. The summed E-state index contributed by atoms with van der Waals surface area (Å²) in [5.74, 6) is 0.591. The summed E-state index contributed by atoms with van der Waals surface area (Å²) < 4.78 is 0. The summed E-state index contributed by atoms with van der Waals surface area (Å²) in [5, 5.41) is 3.88. The van der Waals surface area contributed by atoms with E-state index in [2.05, 4.69) is 19.2 Å². The van der Waals surface area contributed by atoms with Gasteiger partial charge in [-0.25, -0.2) is 0 Å². The van der Waals surface area contributed by atoms with Crippen LogP contribution in [0.2, 0.25) is 0 Å². The molecule has 0 bridgehead atoms. The van der Waals surface area contributed by atoms with Crippen LogP contribution >= 0.6 is 11.8 Å². The Morgan fingerprint density at radius 1 is 1.64 bits per heavy atom. The van der Waals surface area contributed by atoms with Crippen molar-refractivity contribution in [3.05, 3.63) is 0 Å². The van der Waals surface area contributed by atoms with Gasteiger partial charge in [0.15, 0.2) is 0 Å². The van der Waals surface area contributed by atoms with E-state index >= 15 is 0 Å². The number of thioether (sulfide) groups is 1. The third kappa shape index (κ3) is 4.33. The minimum atomic E-state index is -0.215. The van der Waals surface area contributed by atoms with Gasteiger partial charge >= 0.3 is 0 Å². The predicted octanol–water partition coefficient (Wildman–Crippen LogP) is 1.12. The molecule has 0 aromatic carbocycles. The van der Waals surface area contributed by atoms with E-state index in [0.29, 0.717) is 11.3 Å². The number of hydrogen-bond acceptors (Lipinski definition) is 3. The number of nitrogens with one attached hydrogen (secondary N) is 1. The van der Waals surface area contributed by atoms with Crippen LogP contribution in [0, 0.1) is 0 Å². The van der Waals surface area contributed by atoms with Crippen molar-refractivity contribution in [1.82, 2.24) is 5.32 Å². The molecule has 1 aliphatic carbocycles. The molecule has 4 heteroatoms. The van der Waals surface area contributed by atoms with Crippen LogP contribution in [0.3, 0.4) is 0 Å². The molecule has 1 fully saturated rings. The Kier molecular flexibility index (Phi) is 4.75. The molecule has 1 amide bonds. The van der Waals surface area contributed by atoms with E-state index in [1.807, 2.05) is 11.8 Å². The van der Waals surface area contributed by atoms with E-state index in [0.717, 1.165) is 12.2 Å². The van der Waals surface area contributed by atoms with Gasteiger partial charge in [-0.3, -0.25) is 4.79 Å². The summed E-state index contributed by atoms with van der Waals surface area (Å²) in [6, 6.07) is 0.409. The SMILES string of the molecule is CCC(C)SCC(NC1CC1)C(N)=O. The zero-order chi connectivity index (χ0) is 10.6. The number of carbonyl (C=O) groups excluding carboxylic acids is 1. The third-order valence-electron chi connectivity index (χ3n) is 2.48. The molecular weight excluding hydrogens is 196 g/mol. The Balaban J connectivity index is 2.23. The van der Waals surface area contributed by atoms with Crippen LogP contribution in [-0.4, -0.2) is 29.0 Å². The van der Waals surface area contributed by atoms with Crippen LogP contribution in [0.25, 0.3) is 0 Å². The molecule has 82 valence electrons. The van der Waals surface area contributed by atoms with Gasteiger partial charge < -0.3 is 11.1 Å². The second-order valence-corrected chi connectivity index (χ2v) is 5.42. The van der Waals surface area contributed by atoms with E-state index in [-0.39, 0.29) is 11.9 Å². The number of amides is 1. The van der Waals surface area contributed by atoms with E-state index in [4.69, 9.17) is 5.73 Å². The van der Waals surface area contributed by atoms with Crippen LogP contribution in [-0.2, 0) is 4.79 Å². The van der Waals surface area contributed by atoms with Crippen molar-refractivity contribution in [2.24, 2.45) is 5.73 Å². The lowest BCUT2D eigenvalue weighted by Gasteiger charge is -2.16. The maximum absolute atomic E-state index is 11.1. The Morgan fingerprint density at radius 2 is 2.29 bits per heavy atom. The molecule has 3 N–H and O–H groups in total. The molecule has 0 aromatic heterocycles. The van der Waals surface area contributed by atoms with E-state index in [1.165, 1.54) is 12.8 Å². The summed E-state index contributed by atoms with van der Waals surface area (Å²) >= 11 is 1.82. The van der Waals surface area contributed by atoms with Crippen molar-refractivity contribution >= 4 is 17.7 Å².